The maximum atomic E-state index is 4.45. The van der Waals surface area contributed by atoms with Crippen LogP contribution in [0.25, 0.3) is 10.9 Å². The van der Waals surface area contributed by atoms with Crippen LogP contribution in [-0.4, -0.2) is 24.0 Å². The summed E-state index contributed by atoms with van der Waals surface area (Å²) >= 11 is 0. The van der Waals surface area contributed by atoms with Gasteiger partial charge in [0.25, 0.3) is 0 Å². The quantitative estimate of drug-likeness (QED) is 0.486. The molecule has 20 heavy (non-hydrogen) atoms. The van der Waals surface area contributed by atoms with E-state index in [9.17, 15) is 0 Å². The van der Waals surface area contributed by atoms with E-state index in [0.29, 0.717) is 12.6 Å². The average Bonchev–Trinajstić information content (AvgIpc) is 2.43. The Morgan fingerprint density at radius 1 is 1.25 bits per heavy atom. The van der Waals surface area contributed by atoms with Crippen molar-refractivity contribution in [1.82, 2.24) is 15.6 Å². The van der Waals surface area contributed by atoms with Crippen LogP contribution >= 0.6 is 24.0 Å². The minimum atomic E-state index is 0. The highest BCUT2D eigenvalue weighted by Gasteiger charge is 2.04. The van der Waals surface area contributed by atoms with Crippen molar-refractivity contribution in [2.45, 2.75) is 26.4 Å². The summed E-state index contributed by atoms with van der Waals surface area (Å²) in [5.74, 6) is 0.808. The molecule has 108 valence electrons. The summed E-state index contributed by atoms with van der Waals surface area (Å²) in [6.45, 7) is 4.89. The number of para-hydroxylation sites is 1. The van der Waals surface area contributed by atoms with Crippen molar-refractivity contribution in [3.8, 4) is 0 Å². The molecule has 0 amide bonds. The van der Waals surface area contributed by atoms with Crippen molar-refractivity contribution in [1.29, 1.82) is 0 Å². The number of aromatic nitrogens is 1. The van der Waals surface area contributed by atoms with Gasteiger partial charge in [0.1, 0.15) is 0 Å². The fourth-order valence-corrected chi connectivity index (χ4v) is 1.96. The van der Waals surface area contributed by atoms with Crippen LogP contribution < -0.4 is 10.6 Å². The molecule has 0 aliphatic heterocycles. The molecule has 4 nitrogen and oxygen atoms in total. The number of aliphatic imine (C=N–C) groups is 1. The Kier molecular flexibility index (Phi) is 6.70. The van der Waals surface area contributed by atoms with Crippen LogP contribution in [0.1, 0.15) is 19.4 Å². The number of hydrogen-bond acceptors (Lipinski definition) is 2. The van der Waals surface area contributed by atoms with E-state index in [4.69, 9.17) is 0 Å². The molecule has 0 aliphatic carbocycles. The van der Waals surface area contributed by atoms with Crippen molar-refractivity contribution in [2.75, 3.05) is 7.05 Å². The molecule has 0 fully saturated rings. The third-order valence-corrected chi connectivity index (χ3v) is 2.81. The normalized spacial score (nSPS) is 11.3. The van der Waals surface area contributed by atoms with Crippen LogP contribution in [0.3, 0.4) is 0 Å². The second-order valence-electron chi connectivity index (χ2n) is 4.72. The first-order valence-electron chi connectivity index (χ1n) is 6.50. The van der Waals surface area contributed by atoms with Crippen molar-refractivity contribution >= 4 is 40.8 Å². The molecule has 2 aromatic rings. The summed E-state index contributed by atoms with van der Waals surface area (Å²) in [6.07, 6.45) is 1.83. The molecule has 0 bridgehead atoms. The summed E-state index contributed by atoms with van der Waals surface area (Å²) in [4.78, 5) is 8.64. The summed E-state index contributed by atoms with van der Waals surface area (Å²) in [5, 5.41) is 7.74. The van der Waals surface area contributed by atoms with Crippen LogP contribution in [0.4, 0.5) is 0 Å². The number of nitrogens with one attached hydrogen (secondary N) is 2. The lowest BCUT2D eigenvalue weighted by Gasteiger charge is -2.15. The average molecular weight is 384 g/mol. The van der Waals surface area contributed by atoms with Gasteiger partial charge in [-0.1, -0.05) is 24.3 Å². The minimum absolute atomic E-state index is 0. The predicted octanol–water partition coefficient (Wildman–Crippen LogP) is 2.93. The number of benzene rings is 1. The van der Waals surface area contributed by atoms with Crippen molar-refractivity contribution in [3.63, 3.8) is 0 Å². The Balaban J connectivity index is 0.00000200. The lowest BCUT2D eigenvalue weighted by Crippen LogP contribution is -2.40. The second-order valence-corrected chi connectivity index (χ2v) is 4.72. The van der Waals surface area contributed by atoms with Gasteiger partial charge in [0.05, 0.1) is 5.52 Å². The van der Waals surface area contributed by atoms with Crippen molar-refractivity contribution in [2.24, 2.45) is 4.99 Å². The van der Waals surface area contributed by atoms with Gasteiger partial charge < -0.3 is 10.6 Å². The van der Waals surface area contributed by atoms with Gasteiger partial charge in [-0.25, -0.2) is 0 Å². The molecule has 0 radical (unpaired) electrons. The molecule has 1 heterocycles. The van der Waals surface area contributed by atoms with E-state index in [2.05, 4.69) is 58.7 Å². The van der Waals surface area contributed by atoms with Crippen molar-refractivity contribution < 1.29 is 0 Å². The lowest BCUT2D eigenvalue weighted by molar-refractivity contribution is 0.700. The zero-order valence-corrected chi connectivity index (χ0v) is 14.4. The minimum Gasteiger partial charge on any atom is -0.354 e. The molecule has 2 N–H and O–H groups in total. The number of pyridine rings is 1. The largest absolute Gasteiger partial charge is 0.354 e. The Bertz CT molecular complexity index is 576. The molecule has 5 heteroatoms. The van der Waals surface area contributed by atoms with Gasteiger partial charge in [0.15, 0.2) is 5.96 Å². The second kappa shape index (κ2) is 8.04. The number of fused-ring (bicyclic) bond motifs is 1. The smallest absolute Gasteiger partial charge is 0.191 e. The molecule has 0 spiro atoms. The van der Waals surface area contributed by atoms with E-state index in [-0.39, 0.29) is 24.0 Å². The molecular formula is C15H21IN4. The predicted molar refractivity (Wildman–Crippen MR) is 95.6 cm³/mol. The molecule has 1 aromatic heterocycles. The molecule has 0 saturated carbocycles. The van der Waals surface area contributed by atoms with Gasteiger partial charge in [0.2, 0.25) is 0 Å². The van der Waals surface area contributed by atoms with Crippen LogP contribution in [0.2, 0.25) is 0 Å². The number of rotatable bonds is 3. The maximum absolute atomic E-state index is 4.45. The van der Waals surface area contributed by atoms with Gasteiger partial charge >= 0.3 is 0 Å². The summed E-state index contributed by atoms with van der Waals surface area (Å²) in [7, 11) is 1.78. The fraction of sp³-hybridized carbons (Fsp3) is 0.333. The fourth-order valence-electron chi connectivity index (χ4n) is 1.96. The Hall–Kier alpha value is -1.37. The lowest BCUT2D eigenvalue weighted by atomic mass is 10.1. The summed E-state index contributed by atoms with van der Waals surface area (Å²) < 4.78 is 0. The van der Waals surface area contributed by atoms with Crippen LogP contribution in [0, 0.1) is 0 Å². The van der Waals surface area contributed by atoms with E-state index in [1.54, 1.807) is 7.05 Å². The molecule has 0 atom stereocenters. The highest BCUT2D eigenvalue weighted by atomic mass is 127. The zero-order chi connectivity index (χ0) is 13.7. The zero-order valence-electron chi connectivity index (χ0n) is 12.1. The van der Waals surface area contributed by atoms with Crippen molar-refractivity contribution in [3.05, 3.63) is 42.1 Å². The van der Waals surface area contributed by atoms with Crippen LogP contribution in [-0.2, 0) is 6.54 Å². The maximum Gasteiger partial charge on any atom is 0.191 e. The van der Waals surface area contributed by atoms with Crippen LogP contribution in [0.15, 0.2) is 41.5 Å². The number of guanidine groups is 1. The van der Waals surface area contributed by atoms with Gasteiger partial charge in [-0.15, -0.1) is 24.0 Å². The Morgan fingerprint density at radius 3 is 2.70 bits per heavy atom. The summed E-state index contributed by atoms with van der Waals surface area (Å²) in [5.41, 5.74) is 2.21. The number of hydrogen-bond donors (Lipinski definition) is 2. The molecule has 2 rings (SSSR count). The molecule has 0 saturated heterocycles. The van der Waals surface area contributed by atoms with Gasteiger partial charge in [0, 0.05) is 31.2 Å². The number of halogens is 1. The Labute approximate surface area is 137 Å². The van der Waals surface area contributed by atoms with E-state index in [0.717, 1.165) is 16.9 Å². The van der Waals surface area contributed by atoms with Gasteiger partial charge in [-0.2, -0.15) is 0 Å². The summed E-state index contributed by atoms with van der Waals surface area (Å²) in [6, 6.07) is 10.6. The monoisotopic (exact) mass is 384 g/mol. The molecule has 0 aliphatic rings. The van der Waals surface area contributed by atoms with Gasteiger partial charge in [-0.3, -0.25) is 9.98 Å². The molecule has 0 unspecified atom stereocenters. The van der Waals surface area contributed by atoms with E-state index < -0.39 is 0 Å². The topological polar surface area (TPSA) is 49.3 Å². The van der Waals surface area contributed by atoms with E-state index >= 15 is 0 Å². The number of nitrogens with zero attached hydrogens (tertiary/aromatic N) is 2. The third-order valence-electron chi connectivity index (χ3n) is 2.81. The highest BCUT2D eigenvalue weighted by molar-refractivity contribution is 14.0. The Morgan fingerprint density at radius 2 is 2.00 bits per heavy atom. The third kappa shape index (κ3) is 4.33. The first-order chi connectivity index (χ1) is 9.20. The van der Waals surface area contributed by atoms with E-state index in [1.807, 2.05) is 12.3 Å². The van der Waals surface area contributed by atoms with Crippen LogP contribution in [0.5, 0.6) is 0 Å². The molecular weight excluding hydrogens is 363 g/mol. The standard InChI is InChI=1S/C15H20N4.HI/c1-11(2)19-15(16-3)18-10-13-7-4-6-12-8-5-9-17-14(12)13;/h4-9,11H,10H2,1-3H3,(H2,16,18,19);1H. The highest BCUT2D eigenvalue weighted by Crippen LogP contribution is 2.15. The van der Waals surface area contributed by atoms with Gasteiger partial charge in [-0.05, 0) is 25.5 Å². The van der Waals surface area contributed by atoms with E-state index in [1.165, 1.54) is 5.56 Å². The molecule has 1 aromatic carbocycles. The first-order valence-corrected chi connectivity index (χ1v) is 6.50. The SMILES string of the molecule is CN=C(NCc1cccc2cccnc12)NC(C)C.I. The first kappa shape index (κ1) is 16.7.